The molecule has 3 rings (SSSR count). The Hall–Kier alpha value is -1.36. The maximum Gasteiger partial charge on any atom is 0.238 e. The van der Waals surface area contributed by atoms with Crippen molar-refractivity contribution in [2.24, 2.45) is 0 Å². The number of carbonyl (C=O) groups is 1. The Morgan fingerprint density at radius 3 is 2.50 bits per heavy atom. The third-order valence-electron chi connectivity index (χ3n) is 3.43. The van der Waals surface area contributed by atoms with Gasteiger partial charge in [-0.2, -0.15) is 0 Å². The van der Waals surface area contributed by atoms with Crippen molar-refractivity contribution >= 4 is 46.6 Å². The monoisotopic (exact) mass is 353 g/mol. The van der Waals surface area contributed by atoms with E-state index in [9.17, 15) is 4.79 Å². The zero-order chi connectivity index (χ0) is 15.7. The molecule has 0 aromatic heterocycles. The highest BCUT2D eigenvalue weighted by Crippen LogP contribution is 2.45. The van der Waals surface area contributed by atoms with Crippen LogP contribution in [0, 0.1) is 0 Å². The highest BCUT2D eigenvalue weighted by atomic mass is 35.5. The molecule has 1 aliphatic heterocycles. The van der Waals surface area contributed by atoms with E-state index < -0.39 is 0 Å². The van der Waals surface area contributed by atoms with Gasteiger partial charge in [-0.05, 0) is 42.5 Å². The number of thioether (sulfide) groups is 1. The van der Waals surface area contributed by atoms with Crippen LogP contribution in [0.15, 0.2) is 42.5 Å². The molecule has 1 heterocycles. The minimum Gasteiger partial charge on any atom is -0.496 e. The molecule has 22 heavy (non-hydrogen) atoms. The van der Waals surface area contributed by atoms with Crippen molar-refractivity contribution in [3.05, 3.63) is 58.1 Å². The van der Waals surface area contributed by atoms with E-state index >= 15 is 0 Å². The summed E-state index contributed by atoms with van der Waals surface area (Å²) in [5.74, 6) is 1.19. The van der Waals surface area contributed by atoms with Gasteiger partial charge in [-0.1, -0.05) is 23.2 Å². The first-order valence-corrected chi connectivity index (χ1v) is 8.43. The maximum atomic E-state index is 12.3. The van der Waals surface area contributed by atoms with Gasteiger partial charge >= 0.3 is 0 Å². The summed E-state index contributed by atoms with van der Waals surface area (Å²) in [5, 5.41) is 1.09. The second-order valence-corrected chi connectivity index (χ2v) is 6.73. The van der Waals surface area contributed by atoms with Gasteiger partial charge < -0.3 is 4.74 Å². The third kappa shape index (κ3) is 2.91. The molecule has 0 spiro atoms. The molecule has 2 aromatic carbocycles. The number of rotatable bonds is 3. The highest BCUT2D eigenvalue weighted by molar-refractivity contribution is 8.00. The van der Waals surface area contributed by atoms with E-state index in [1.165, 1.54) is 0 Å². The summed E-state index contributed by atoms with van der Waals surface area (Å²) in [6, 6.07) is 12.7. The number of hydrogen-bond donors (Lipinski definition) is 0. The molecule has 1 atom stereocenters. The third-order valence-corrected chi connectivity index (χ3v) is 5.11. The summed E-state index contributed by atoms with van der Waals surface area (Å²) in [6.45, 7) is 0. The van der Waals surface area contributed by atoms with Crippen LogP contribution in [0.2, 0.25) is 10.0 Å². The summed E-state index contributed by atoms with van der Waals surface area (Å²) < 4.78 is 5.42. The molecule has 2 aromatic rings. The number of amides is 1. The summed E-state index contributed by atoms with van der Waals surface area (Å²) >= 11 is 13.6. The van der Waals surface area contributed by atoms with E-state index in [1.54, 1.807) is 42.0 Å². The first-order valence-electron chi connectivity index (χ1n) is 6.63. The molecule has 0 saturated carbocycles. The molecular formula is C16H13Cl2NO2S. The fraction of sp³-hybridized carbons (Fsp3) is 0.188. The van der Waals surface area contributed by atoms with Gasteiger partial charge in [0, 0.05) is 21.3 Å². The number of hydrogen-bond acceptors (Lipinski definition) is 3. The topological polar surface area (TPSA) is 29.5 Å². The number of carbonyl (C=O) groups excluding carboxylic acids is 1. The van der Waals surface area contributed by atoms with Crippen LogP contribution in [0.25, 0.3) is 0 Å². The van der Waals surface area contributed by atoms with Gasteiger partial charge in [0.2, 0.25) is 5.91 Å². The molecule has 1 aliphatic rings. The van der Waals surface area contributed by atoms with Crippen molar-refractivity contribution in [3.8, 4) is 5.75 Å². The van der Waals surface area contributed by atoms with Crippen molar-refractivity contribution in [1.82, 2.24) is 0 Å². The highest BCUT2D eigenvalue weighted by Gasteiger charge is 2.35. The quantitative estimate of drug-likeness (QED) is 0.794. The van der Waals surface area contributed by atoms with E-state index in [1.807, 2.05) is 24.3 Å². The normalized spacial score (nSPS) is 17.9. The number of anilines is 1. The van der Waals surface area contributed by atoms with E-state index in [0.717, 1.165) is 17.0 Å². The molecule has 114 valence electrons. The lowest BCUT2D eigenvalue weighted by molar-refractivity contribution is -0.115. The summed E-state index contributed by atoms with van der Waals surface area (Å²) in [6.07, 6.45) is 0. The average molecular weight is 354 g/mol. The number of ether oxygens (including phenoxy) is 1. The van der Waals surface area contributed by atoms with Crippen molar-refractivity contribution < 1.29 is 9.53 Å². The Morgan fingerprint density at radius 2 is 1.82 bits per heavy atom. The Kier molecular flexibility index (Phi) is 4.52. The van der Waals surface area contributed by atoms with Crippen molar-refractivity contribution in [1.29, 1.82) is 0 Å². The van der Waals surface area contributed by atoms with Crippen LogP contribution in [-0.2, 0) is 4.79 Å². The Bertz CT molecular complexity index is 706. The smallest absolute Gasteiger partial charge is 0.238 e. The molecule has 1 fully saturated rings. The molecule has 3 nitrogen and oxygen atoms in total. The van der Waals surface area contributed by atoms with Crippen molar-refractivity contribution in [3.63, 3.8) is 0 Å². The second-order valence-electron chi connectivity index (χ2n) is 4.79. The molecule has 1 saturated heterocycles. The zero-order valence-corrected chi connectivity index (χ0v) is 14.1. The fourth-order valence-electron chi connectivity index (χ4n) is 2.43. The van der Waals surface area contributed by atoms with Crippen LogP contribution >= 0.6 is 35.0 Å². The van der Waals surface area contributed by atoms with Gasteiger partial charge in [0.25, 0.3) is 0 Å². The van der Waals surface area contributed by atoms with Crippen molar-refractivity contribution in [2.45, 2.75) is 5.37 Å². The van der Waals surface area contributed by atoms with Gasteiger partial charge in [0.05, 0.1) is 12.9 Å². The van der Waals surface area contributed by atoms with Crippen LogP contribution in [0.1, 0.15) is 10.9 Å². The maximum absolute atomic E-state index is 12.3. The van der Waals surface area contributed by atoms with Gasteiger partial charge in [-0.3, -0.25) is 9.69 Å². The Labute approximate surface area is 143 Å². The molecule has 0 radical (unpaired) electrons. The molecule has 0 N–H and O–H groups in total. The predicted octanol–water partition coefficient (Wildman–Crippen LogP) is 4.78. The van der Waals surface area contributed by atoms with E-state index in [4.69, 9.17) is 27.9 Å². The molecule has 0 unspecified atom stereocenters. The number of halogens is 2. The first-order chi connectivity index (χ1) is 10.6. The zero-order valence-electron chi connectivity index (χ0n) is 11.8. The fourth-order valence-corrected chi connectivity index (χ4v) is 3.93. The summed E-state index contributed by atoms with van der Waals surface area (Å²) in [5.41, 5.74) is 1.70. The molecule has 6 heteroatoms. The molecule has 0 aliphatic carbocycles. The van der Waals surface area contributed by atoms with E-state index in [0.29, 0.717) is 15.8 Å². The standard InChI is InChI=1S/C16H13Cl2NO2S/c1-21-14-7-4-11(18)8-13(14)16-19(15(20)9-22-16)12-5-2-10(17)3-6-12/h2-8,16H,9H2,1H3/t16-/m1/s1. The summed E-state index contributed by atoms with van der Waals surface area (Å²) in [7, 11) is 1.61. The predicted molar refractivity (Wildman–Crippen MR) is 92.1 cm³/mol. The first kappa shape index (κ1) is 15.5. The van der Waals surface area contributed by atoms with Gasteiger partial charge in [0.15, 0.2) is 0 Å². The lowest BCUT2D eigenvalue weighted by atomic mass is 10.1. The van der Waals surface area contributed by atoms with Gasteiger partial charge in [0.1, 0.15) is 11.1 Å². The molecular weight excluding hydrogens is 341 g/mol. The van der Waals surface area contributed by atoms with Crippen LogP contribution in [0.5, 0.6) is 5.75 Å². The molecule has 1 amide bonds. The van der Waals surface area contributed by atoms with Crippen LogP contribution in [0.4, 0.5) is 5.69 Å². The Balaban J connectivity index is 2.04. The SMILES string of the molecule is COc1ccc(Cl)cc1[C@H]1SCC(=O)N1c1ccc(Cl)cc1. The lowest BCUT2D eigenvalue weighted by Gasteiger charge is -2.25. The largest absolute Gasteiger partial charge is 0.496 e. The van der Waals surface area contributed by atoms with Crippen LogP contribution < -0.4 is 9.64 Å². The van der Waals surface area contributed by atoms with Gasteiger partial charge in [-0.25, -0.2) is 0 Å². The van der Waals surface area contributed by atoms with Crippen LogP contribution in [-0.4, -0.2) is 18.8 Å². The number of methoxy groups -OCH3 is 1. The second kappa shape index (κ2) is 6.41. The van der Waals surface area contributed by atoms with Crippen LogP contribution in [0.3, 0.4) is 0 Å². The van der Waals surface area contributed by atoms with E-state index in [2.05, 4.69) is 0 Å². The van der Waals surface area contributed by atoms with E-state index in [-0.39, 0.29) is 11.3 Å². The Morgan fingerprint density at radius 1 is 1.14 bits per heavy atom. The summed E-state index contributed by atoms with van der Waals surface area (Å²) in [4.78, 5) is 14.1. The van der Waals surface area contributed by atoms with Gasteiger partial charge in [-0.15, -0.1) is 11.8 Å². The number of nitrogens with zero attached hydrogens (tertiary/aromatic N) is 1. The average Bonchev–Trinajstić information content (AvgIpc) is 2.90. The van der Waals surface area contributed by atoms with Crippen molar-refractivity contribution in [2.75, 3.05) is 17.8 Å². The minimum atomic E-state index is -0.165. The minimum absolute atomic E-state index is 0.0550. The molecule has 0 bridgehead atoms. The number of benzene rings is 2. The lowest BCUT2D eigenvalue weighted by Crippen LogP contribution is -2.27.